The third-order valence-corrected chi connectivity index (χ3v) is 2.83. The minimum absolute atomic E-state index is 0.0459. The Balaban J connectivity index is 2.29. The van der Waals surface area contributed by atoms with E-state index in [4.69, 9.17) is 5.11 Å². The summed E-state index contributed by atoms with van der Waals surface area (Å²) in [5.41, 5.74) is 2.98. The normalized spacial score (nSPS) is 10.6. The highest BCUT2D eigenvalue weighted by molar-refractivity contribution is 5.86. The molecule has 2 aromatic rings. The van der Waals surface area contributed by atoms with Gasteiger partial charge in [0.15, 0.2) is 5.69 Å². The maximum atomic E-state index is 11.0. The molecule has 1 aromatic heterocycles. The molecule has 2 rings (SSSR count). The van der Waals surface area contributed by atoms with Crippen LogP contribution in [0.3, 0.4) is 0 Å². The van der Waals surface area contributed by atoms with Gasteiger partial charge < -0.3 is 5.11 Å². The first kappa shape index (κ1) is 12.3. The lowest BCUT2D eigenvalue weighted by atomic mass is 10.1. The lowest BCUT2D eigenvalue weighted by molar-refractivity contribution is 0.0689. The van der Waals surface area contributed by atoms with Crippen molar-refractivity contribution in [2.75, 3.05) is 0 Å². The van der Waals surface area contributed by atoms with Crippen molar-refractivity contribution in [3.63, 3.8) is 0 Å². The maximum absolute atomic E-state index is 11.0. The molecular weight excluding hydrogens is 230 g/mol. The van der Waals surface area contributed by atoms with Crippen molar-refractivity contribution in [2.24, 2.45) is 0 Å². The number of aromatic nitrogens is 3. The number of benzene rings is 1. The summed E-state index contributed by atoms with van der Waals surface area (Å²) in [6.07, 6.45) is 0.598. The van der Waals surface area contributed by atoms with E-state index in [0.717, 1.165) is 5.56 Å². The van der Waals surface area contributed by atoms with E-state index >= 15 is 0 Å². The molecule has 0 atom stereocenters. The average molecular weight is 245 g/mol. The molecule has 18 heavy (non-hydrogen) atoms. The van der Waals surface area contributed by atoms with Crippen molar-refractivity contribution in [3.05, 3.63) is 46.8 Å². The summed E-state index contributed by atoms with van der Waals surface area (Å²) in [7, 11) is 0. The van der Waals surface area contributed by atoms with Gasteiger partial charge >= 0.3 is 5.97 Å². The molecule has 0 aliphatic heterocycles. The smallest absolute Gasteiger partial charge is 0.358 e. The molecule has 5 nitrogen and oxygen atoms in total. The number of rotatable bonds is 4. The maximum Gasteiger partial charge on any atom is 0.358 e. The van der Waals surface area contributed by atoms with Gasteiger partial charge in [-0.1, -0.05) is 42.0 Å². The second-order valence-corrected chi connectivity index (χ2v) is 4.19. The molecule has 0 spiro atoms. The third kappa shape index (κ3) is 2.40. The van der Waals surface area contributed by atoms with E-state index in [2.05, 4.69) is 10.3 Å². The number of carboxylic acids is 1. The van der Waals surface area contributed by atoms with Gasteiger partial charge in [-0.15, -0.1) is 5.10 Å². The number of hydrogen-bond donors (Lipinski definition) is 1. The Labute approximate surface area is 105 Å². The van der Waals surface area contributed by atoms with Gasteiger partial charge in [0.25, 0.3) is 0 Å². The highest BCUT2D eigenvalue weighted by Crippen LogP contribution is 2.10. The number of carbonyl (C=O) groups is 1. The number of aryl methyl sites for hydroxylation is 1. The van der Waals surface area contributed by atoms with Crippen LogP contribution in [0.2, 0.25) is 0 Å². The molecule has 0 saturated carbocycles. The SMILES string of the molecule is CCc1c(C(=O)O)nnn1Cc1ccc(C)cc1. The first-order valence-corrected chi connectivity index (χ1v) is 5.83. The molecule has 0 aliphatic carbocycles. The second kappa shape index (κ2) is 5.00. The topological polar surface area (TPSA) is 68.0 Å². The summed E-state index contributed by atoms with van der Waals surface area (Å²) < 4.78 is 1.65. The number of hydrogen-bond acceptors (Lipinski definition) is 3. The summed E-state index contributed by atoms with van der Waals surface area (Å²) in [6.45, 7) is 4.47. The highest BCUT2D eigenvalue weighted by Gasteiger charge is 2.17. The summed E-state index contributed by atoms with van der Waals surface area (Å²) >= 11 is 0. The highest BCUT2D eigenvalue weighted by atomic mass is 16.4. The van der Waals surface area contributed by atoms with Crippen molar-refractivity contribution < 1.29 is 9.90 Å². The number of nitrogens with zero attached hydrogens (tertiary/aromatic N) is 3. The molecule has 0 unspecified atom stereocenters. The summed E-state index contributed by atoms with van der Waals surface area (Å²) in [6, 6.07) is 8.07. The lowest BCUT2D eigenvalue weighted by Crippen LogP contribution is -2.08. The van der Waals surface area contributed by atoms with Crippen LogP contribution in [0.15, 0.2) is 24.3 Å². The molecule has 1 aromatic carbocycles. The minimum atomic E-state index is -1.03. The van der Waals surface area contributed by atoms with E-state index in [1.807, 2.05) is 38.1 Å². The number of carboxylic acid groups (broad SMARTS) is 1. The predicted molar refractivity (Wildman–Crippen MR) is 66.6 cm³/mol. The van der Waals surface area contributed by atoms with Crippen LogP contribution in [0.4, 0.5) is 0 Å². The number of aromatic carboxylic acids is 1. The zero-order chi connectivity index (χ0) is 13.1. The van der Waals surface area contributed by atoms with Gasteiger partial charge in [0.2, 0.25) is 0 Å². The first-order valence-electron chi connectivity index (χ1n) is 5.83. The van der Waals surface area contributed by atoms with Gasteiger partial charge in [-0.05, 0) is 18.9 Å². The second-order valence-electron chi connectivity index (χ2n) is 4.19. The fourth-order valence-corrected chi connectivity index (χ4v) is 1.84. The Morgan fingerprint density at radius 3 is 2.56 bits per heavy atom. The molecule has 0 saturated heterocycles. The molecule has 0 radical (unpaired) electrons. The van der Waals surface area contributed by atoms with E-state index in [1.165, 1.54) is 5.56 Å². The van der Waals surface area contributed by atoms with Crippen molar-refractivity contribution in [1.29, 1.82) is 0 Å². The Morgan fingerprint density at radius 2 is 2.00 bits per heavy atom. The summed E-state index contributed by atoms with van der Waals surface area (Å²) in [5.74, 6) is -1.03. The van der Waals surface area contributed by atoms with Crippen LogP contribution in [0.5, 0.6) is 0 Å². The van der Waals surface area contributed by atoms with Crippen LogP contribution in [0.25, 0.3) is 0 Å². The van der Waals surface area contributed by atoms with E-state index in [9.17, 15) is 4.79 Å². The molecule has 5 heteroatoms. The largest absolute Gasteiger partial charge is 0.476 e. The Bertz CT molecular complexity index is 558. The molecule has 94 valence electrons. The quantitative estimate of drug-likeness (QED) is 0.893. The van der Waals surface area contributed by atoms with Crippen molar-refractivity contribution in [2.45, 2.75) is 26.8 Å². The lowest BCUT2D eigenvalue weighted by Gasteiger charge is -2.05. The molecular formula is C13H15N3O2. The van der Waals surface area contributed by atoms with E-state index < -0.39 is 5.97 Å². The van der Waals surface area contributed by atoms with Gasteiger partial charge in [0, 0.05) is 0 Å². The minimum Gasteiger partial charge on any atom is -0.476 e. The van der Waals surface area contributed by atoms with Gasteiger partial charge in [-0.25, -0.2) is 9.48 Å². The monoisotopic (exact) mass is 245 g/mol. The van der Waals surface area contributed by atoms with E-state index in [-0.39, 0.29) is 5.69 Å². The van der Waals surface area contributed by atoms with Crippen LogP contribution in [-0.4, -0.2) is 26.1 Å². The standard InChI is InChI=1S/C13H15N3O2/c1-3-11-12(13(17)18)14-15-16(11)8-10-6-4-9(2)5-7-10/h4-7H,3,8H2,1-2H3,(H,17,18). The van der Waals surface area contributed by atoms with E-state index in [0.29, 0.717) is 18.7 Å². The molecule has 0 fully saturated rings. The van der Waals surface area contributed by atoms with Crippen LogP contribution in [0, 0.1) is 6.92 Å². The van der Waals surface area contributed by atoms with Crippen molar-refractivity contribution in [1.82, 2.24) is 15.0 Å². The Kier molecular flexibility index (Phi) is 3.41. The fraction of sp³-hybridized carbons (Fsp3) is 0.308. The van der Waals surface area contributed by atoms with E-state index in [1.54, 1.807) is 4.68 Å². The van der Waals surface area contributed by atoms with Crippen molar-refractivity contribution >= 4 is 5.97 Å². The summed E-state index contributed by atoms with van der Waals surface area (Å²) in [4.78, 5) is 11.0. The van der Waals surface area contributed by atoms with Gasteiger partial charge in [0.05, 0.1) is 12.2 Å². The zero-order valence-electron chi connectivity index (χ0n) is 10.4. The van der Waals surface area contributed by atoms with Crippen LogP contribution in [0.1, 0.15) is 34.2 Å². The van der Waals surface area contributed by atoms with Crippen LogP contribution >= 0.6 is 0 Å². The molecule has 0 aliphatic rings. The zero-order valence-corrected chi connectivity index (χ0v) is 10.4. The van der Waals surface area contributed by atoms with Gasteiger partial charge in [-0.2, -0.15) is 0 Å². The fourth-order valence-electron chi connectivity index (χ4n) is 1.84. The predicted octanol–water partition coefficient (Wildman–Crippen LogP) is 1.90. The Hall–Kier alpha value is -2.17. The first-order chi connectivity index (χ1) is 8.61. The van der Waals surface area contributed by atoms with Gasteiger partial charge in [-0.3, -0.25) is 0 Å². The molecule has 1 N–H and O–H groups in total. The molecule has 0 bridgehead atoms. The Morgan fingerprint density at radius 1 is 1.33 bits per heavy atom. The van der Waals surface area contributed by atoms with Crippen LogP contribution in [-0.2, 0) is 13.0 Å². The third-order valence-electron chi connectivity index (χ3n) is 2.83. The van der Waals surface area contributed by atoms with Crippen LogP contribution < -0.4 is 0 Å². The van der Waals surface area contributed by atoms with Crippen molar-refractivity contribution in [3.8, 4) is 0 Å². The molecule has 1 heterocycles. The molecule has 0 amide bonds. The van der Waals surface area contributed by atoms with Gasteiger partial charge in [0.1, 0.15) is 0 Å². The average Bonchev–Trinajstić information content (AvgIpc) is 2.75. The summed E-state index contributed by atoms with van der Waals surface area (Å²) in [5, 5.41) is 16.6.